The van der Waals surface area contributed by atoms with Crippen molar-refractivity contribution in [2.45, 2.75) is 131 Å². The number of carboxylic acids is 6. The summed E-state index contributed by atoms with van der Waals surface area (Å²) in [6.07, 6.45) is -26.9. The zero-order valence-corrected chi connectivity index (χ0v) is 31.7. The number of aliphatic carboxylic acids is 6. The molecule has 30 nitrogen and oxygen atoms in total. The quantitative estimate of drug-likeness (QED) is 0.0268. The third-order valence-corrected chi connectivity index (χ3v) is 7.41. The van der Waals surface area contributed by atoms with E-state index in [-0.39, 0.29) is 88.7 Å². The summed E-state index contributed by atoms with van der Waals surface area (Å²) >= 11 is 0. The number of carbonyl (C=O) groups is 6. The van der Waals surface area contributed by atoms with E-state index < -0.39 is 166 Å². The molecular formula is C30H57Na3O30. The van der Waals surface area contributed by atoms with Crippen molar-refractivity contribution in [3.63, 3.8) is 0 Å². The predicted molar refractivity (Wildman–Crippen MR) is 203 cm³/mol. The normalized spacial score (nSPS) is 19.5. The van der Waals surface area contributed by atoms with Gasteiger partial charge in [0.2, 0.25) is 0 Å². The Bertz CT molecular complexity index is 1200. The topological polar surface area (TPSA) is 555 Å². The second-order valence-corrected chi connectivity index (χ2v) is 12.8. The summed E-state index contributed by atoms with van der Waals surface area (Å²) in [5.41, 5.74) is 0. The van der Waals surface area contributed by atoms with Crippen LogP contribution in [0.1, 0.15) is 40.0 Å². The van der Waals surface area contributed by atoms with Crippen LogP contribution in [0, 0.1) is 0 Å². The van der Waals surface area contributed by atoms with Crippen molar-refractivity contribution in [1.29, 1.82) is 0 Å². The summed E-state index contributed by atoms with van der Waals surface area (Å²) < 4.78 is 13.7. The molecule has 15 atom stereocenters. The number of carboxylic acid groups (broad SMARTS) is 6. The van der Waals surface area contributed by atoms with Gasteiger partial charge in [-0.2, -0.15) is 0 Å². The molecule has 0 fully saturated rings. The van der Waals surface area contributed by atoms with Gasteiger partial charge < -0.3 is 121 Å². The van der Waals surface area contributed by atoms with Gasteiger partial charge >= 0.3 is 124 Å². The van der Waals surface area contributed by atoms with Crippen LogP contribution in [0.25, 0.3) is 0 Å². The van der Waals surface area contributed by atoms with Gasteiger partial charge in [-0.05, 0) is 20.8 Å². The summed E-state index contributed by atoms with van der Waals surface area (Å²) in [4.78, 5) is 63.6. The Morgan fingerprint density at radius 2 is 0.556 bits per heavy atom. The van der Waals surface area contributed by atoms with Crippen LogP contribution in [0.3, 0.4) is 0 Å². The summed E-state index contributed by atoms with van der Waals surface area (Å²) in [6, 6.07) is 0. The number of rotatable bonds is 27. The van der Waals surface area contributed by atoms with Gasteiger partial charge in [-0.3, -0.25) is 14.4 Å². The van der Waals surface area contributed by atoms with Crippen LogP contribution in [-0.2, 0) is 43.0 Å². The molecule has 0 aliphatic carbocycles. The Hall–Kier alpha value is -0.900. The molecule has 63 heavy (non-hydrogen) atoms. The van der Waals surface area contributed by atoms with Gasteiger partial charge in [0.05, 0.1) is 39.1 Å². The van der Waals surface area contributed by atoms with Gasteiger partial charge in [0.1, 0.15) is 54.9 Å². The van der Waals surface area contributed by atoms with Crippen molar-refractivity contribution in [2.24, 2.45) is 0 Å². The van der Waals surface area contributed by atoms with Crippen molar-refractivity contribution in [2.75, 3.05) is 19.8 Å². The summed E-state index contributed by atoms with van der Waals surface area (Å²) in [5, 5.41) is 191. The minimum absolute atomic E-state index is 0. The van der Waals surface area contributed by atoms with Gasteiger partial charge in [-0.25, -0.2) is 14.4 Å². The first-order valence-electron chi connectivity index (χ1n) is 16.6. The molecule has 21 N–H and O–H groups in total. The van der Waals surface area contributed by atoms with Gasteiger partial charge in [0, 0.05) is 0 Å². The van der Waals surface area contributed by atoms with E-state index in [0.717, 1.165) is 20.8 Å². The Labute approximate surface area is 422 Å². The number of aliphatic hydroxyl groups excluding tert-OH is 12. The van der Waals surface area contributed by atoms with Gasteiger partial charge in [0.25, 0.3) is 0 Å². The van der Waals surface area contributed by atoms with Crippen LogP contribution >= 0.6 is 0 Å². The van der Waals surface area contributed by atoms with E-state index in [4.69, 9.17) is 61.3 Å². The molecule has 0 rings (SSSR count). The first kappa shape index (κ1) is 73.7. The molecule has 0 bridgehead atoms. The fraction of sp³-hybridized carbons (Fsp3) is 0.800. The van der Waals surface area contributed by atoms with E-state index in [2.05, 4.69) is 14.2 Å². The fourth-order valence-corrected chi connectivity index (χ4v) is 3.99. The molecule has 0 aromatic rings. The molecule has 0 saturated heterocycles. The maximum absolute atomic E-state index is 10.8. The van der Waals surface area contributed by atoms with Gasteiger partial charge in [-0.15, -0.1) is 0 Å². The first-order valence-corrected chi connectivity index (χ1v) is 16.6. The van der Waals surface area contributed by atoms with E-state index in [9.17, 15) is 74.7 Å². The third kappa shape index (κ3) is 28.8. The molecule has 360 valence electrons. The number of aliphatic hydroxyl groups is 15. The summed E-state index contributed by atoms with van der Waals surface area (Å²) in [6.45, 7) is -0.433. The van der Waals surface area contributed by atoms with E-state index in [1.165, 1.54) is 0 Å². The van der Waals surface area contributed by atoms with Gasteiger partial charge in [-0.1, -0.05) is 0 Å². The van der Waals surface area contributed by atoms with Crippen LogP contribution in [0.4, 0.5) is 0 Å². The predicted octanol–water partition coefficient (Wildman–Crippen LogP) is -11.8. The van der Waals surface area contributed by atoms with Crippen molar-refractivity contribution >= 4 is 124 Å². The maximum atomic E-state index is 10.8. The Kier molecular flexibility index (Phi) is 40.2. The molecule has 0 aliphatic heterocycles. The third-order valence-electron chi connectivity index (χ3n) is 7.41. The van der Waals surface area contributed by atoms with Crippen molar-refractivity contribution in [3.8, 4) is 0 Å². The molecule has 0 saturated carbocycles. The SMILES string of the molecule is C[C@](O)(OC(CC(=O)O)C(=O)O)[C@@H](O)[C@H](O)[C@H](O)CO.C[C@](O)(OC(CC(=O)O)C(=O)O)[C@@H](O)[C@H](O)[C@H](O)CO.C[C@](O)(OC(CC(=O)O)C(=O)O)[C@@H](O)[C@H](O)[C@H](O)CO.[NaH].[NaH].[NaH]. The van der Waals surface area contributed by atoms with E-state index >= 15 is 0 Å². The molecule has 33 heteroatoms. The standard InChI is InChI=1S/3C10H18O10.3Na.3H/c3*1-10(19,8(16)7(15)4(12)3-11)20-5(9(17)18)2-6(13)14;;;;;;/h3*4-5,7-8,11-12,15-16,19H,2-3H2,1H3,(H,13,14)(H,17,18);;;;;;/t3*4-,5?,7-,8+,10+;;;;;;/m111....../s1. The molecule has 0 heterocycles. The number of hydrogen-bond donors (Lipinski definition) is 21. The van der Waals surface area contributed by atoms with Crippen LogP contribution in [-0.4, -0.2) is 342 Å². The molecule has 0 aromatic carbocycles. The zero-order valence-electron chi connectivity index (χ0n) is 31.7. The van der Waals surface area contributed by atoms with Crippen molar-refractivity contribution in [1.82, 2.24) is 0 Å². The monoisotopic (exact) mass is 966 g/mol. The zero-order chi connectivity index (χ0) is 48.3. The Morgan fingerprint density at radius 3 is 0.667 bits per heavy atom. The van der Waals surface area contributed by atoms with Gasteiger partial charge in [0.15, 0.2) is 35.7 Å². The second kappa shape index (κ2) is 34.4. The van der Waals surface area contributed by atoms with Crippen LogP contribution in [0.2, 0.25) is 0 Å². The van der Waals surface area contributed by atoms with Crippen LogP contribution in [0.5, 0.6) is 0 Å². The molecule has 0 radical (unpaired) electrons. The fourth-order valence-electron chi connectivity index (χ4n) is 3.99. The van der Waals surface area contributed by atoms with E-state index in [1.807, 2.05) is 0 Å². The number of hydrogen-bond acceptors (Lipinski definition) is 24. The molecule has 0 spiro atoms. The molecule has 0 aliphatic rings. The van der Waals surface area contributed by atoms with Crippen molar-refractivity contribution in [3.05, 3.63) is 0 Å². The number of ether oxygens (including phenoxy) is 3. The summed E-state index contributed by atoms with van der Waals surface area (Å²) in [5.74, 6) is -17.6. The van der Waals surface area contributed by atoms with Crippen LogP contribution < -0.4 is 0 Å². The second-order valence-electron chi connectivity index (χ2n) is 12.8. The van der Waals surface area contributed by atoms with Crippen LogP contribution in [0.15, 0.2) is 0 Å². The molecule has 0 amide bonds. The average molecular weight is 967 g/mol. The average Bonchev–Trinajstić information content (AvgIpc) is 3.13. The molecule has 3 unspecified atom stereocenters. The van der Waals surface area contributed by atoms with E-state index in [0.29, 0.717) is 0 Å². The Morgan fingerprint density at radius 1 is 0.397 bits per heavy atom. The molecular weight excluding hydrogens is 909 g/mol. The van der Waals surface area contributed by atoms with E-state index in [1.54, 1.807) is 0 Å². The summed E-state index contributed by atoms with van der Waals surface area (Å²) in [7, 11) is 0. The minimum atomic E-state index is -2.66. The molecule has 0 aromatic heterocycles. The van der Waals surface area contributed by atoms with Crippen molar-refractivity contribution < 1.29 is 150 Å². The Balaban J connectivity index is -0.000000189. The first-order chi connectivity index (χ1) is 27.1.